The predicted octanol–water partition coefficient (Wildman–Crippen LogP) is 3.75. The maximum Gasteiger partial charge on any atom is 0.143 e. The highest BCUT2D eigenvalue weighted by molar-refractivity contribution is 5.52. The topological polar surface area (TPSA) is 38.0 Å². The summed E-state index contributed by atoms with van der Waals surface area (Å²) >= 11 is 0. The predicted molar refractivity (Wildman–Crippen MR) is 75.7 cm³/mol. The minimum absolute atomic E-state index is 0.118. The van der Waals surface area contributed by atoms with Crippen molar-refractivity contribution in [1.82, 2.24) is 4.57 Å². The van der Waals surface area contributed by atoms with Crippen molar-refractivity contribution >= 4 is 0 Å². The molecular formula is C16H18N2O. The molecule has 1 aromatic carbocycles. The summed E-state index contributed by atoms with van der Waals surface area (Å²) in [6, 6.07) is 12.0. The van der Waals surface area contributed by atoms with E-state index in [4.69, 9.17) is 10.00 Å². The molecule has 3 heteroatoms. The van der Waals surface area contributed by atoms with E-state index in [1.807, 2.05) is 58.0 Å². The normalized spacial score (nSPS) is 10.5. The second-order valence-corrected chi connectivity index (χ2v) is 4.87. The third-order valence-corrected chi connectivity index (χ3v) is 3.02. The van der Waals surface area contributed by atoms with Crippen LogP contribution >= 0.6 is 0 Å². The van der Waals surface area contributed by atoms with Crippen molar-refractivity contribution in [2.24, 2.45) is 0 Å². The molecule has 0 fully saturated rings. The fourth-order valence-electron chi connectivity index (χ4n) is 2.24. The SMILES string of the molecule is Cc1cc(C#N)c(C)n1-c1ccccc1OC(C)C. The van der Waals surface area contributed by atoms with Gasteiger partial charge in [0.2, 0.25) is 0 Å². The lowest BCUT2D eigenvalue weighted by Crippen LogP contribution is -2.09. The fourth-order valence-corrected chi connectivity index (χ4v) is 2.24. The number of nitrogens with zero attached hydrogens (tertiary/aromatic N) is 2. The van der Waals surface area contributed by atoms with Crippen LogP contribution in [0.25, 0.3) is 5.69 Å². The maximum atomic E-state index is 9.12. The molecule has 0 saturated heterocycles. The summed E-state index contributed by atoms with van der Waals surface area (Å²) in [5, 5.41) is 9.12. The van der Waals surface area contributed by atoms with Crippen molar-refractivity contribution in [2.45, 2.75) is 33.8 Å². The van der Waals surface area contributed by atoms with Crippen LogP contribution in [0.15, 0.2) is 30.3 Å². The van der Waals surface area contributed by atoms with Crippen LogP contribution in [-0.2, 0) is 0 Å². The molecule has 0 saturated carbocycles. The van der Waals surface area contributed by atoms with E-state index in [1.54, 1.807) is 0 Å². The number of ether oxygens (including phenoxy) is 1. The molecule has 0 radical (unpaired) electrons. The molecule has 0 bridgehead atoms. The molecule has 0 amide bonds. The van der Waals surface area contributed by atoms with Gasteiger partial charge in [-0.2, -0.15) is 5.26 Å². The molecule has 2 aromatic rings. The first-order valence-corrected chi connectivity index (χ1v) is 6.39. The first-order valence-electron chi connectivity index (χ1n) is 6.39. The van der Waals surface area contributed by atoms with Crippen LogP contribution in [0.4, 0.5) is 0 Å². The molecule has 19 heavy (non-hydrogen) atoms. The maximum absolute atomic E-state index is 9.12. The molecular weight excluding hydrogens is 236 g/mol. The van der Waals surface area contributed by atoms with Gasteiger partial charge in [-0.25, -0.2) is 0 Å². The summed E-state index contributed by atoms with van der Waals surface area (Å²) in [4.78, 5) is 0. The van der Waals surface area contributed by atoms with Crippen molar-refractivity contribution in [2.75, 3.05) is 0 Å². The highest BCUT2D eigenvalue weighted by Crippen LogP contribution is 2.28. The van der Waals surface area contributed by atoms with Gasteiger partial charge in [0.05, 0.1) is 17.4 Å². The van der Waals surface area contributed by atoms with Crippen molar-refractivity contribution in [3.8, 4) is 17.5 Å². The highest BCUT2D eigenvalue weighted by Gasteiger charge is 2.14. The van der Waals surface area contributed by atoms with Crippen LogP contribution < -0.4 is 4.74 Å². The van der Waals surface area contributed by atoms with E-state index in [9.17, 15) is 0 Å². The number of hydrogen-bond acceptors (Lipinski definition) is 2. The standard InChI is InChI=1S/C16H18N2O/c1-11(2)19-16-8-6-5-7-15(16)18-12(3)9-14(10-17)13(18)4/h5-9,11H,1-4H3. The average molecular weight is 254 g/mol. The Labute approximate surface area is 114 Å². The Balaban J connectivity index is 2.60. The largest absolute Gasteiger partial charge is 0.489 e. The van der Waals surface area contributed by atoms with Crippen LogP contribution in [0, 0.1) is 25.2 Å². The molecule has 0 N–H and O–H groups in total. The lowest BCUT2D eigenvalue weighted by atomic mass is 10.2. The summed E-state index contributed by atoms with van der Waals surface area (Å²) in [6.07, 6.45) is 0.118. The zero-order chi connectivity index (χ0) is 14.0. The summed E-state index contributed by atoms with van der Waals surface area (Å²) in [5.74, 6) is 0.837. The lowest BCUT2D eigenvalue weighted by Gasteiger charge is -2.17. The first kappa shape index (κ1) is 13.2. The van der Waals surface area contributed by atoms with Gasteiger partial charge >= 0.3 is 0 Å². The van der Waals surface area contributed by atoms with Gasteiger partial charge in [0.15, 0.2) is 0 Å². The van der Waals surface area contributed by atoms with Gasteiger partial charge in [-0.3, -0.25) is 0 Å². The van der Waals surface area contributed by atoms with Crippen LogP contribution in [0.3, 0.4) is 0 Å². The molecule has 3 nitrogen and oxygen atoms in total. The van der Waals surface area contributed by atoms with Crippen LogP contribution in [0.1, 0.15) is 30.8 Å². The molecule has 0 aliphatic heterocycles. The molecule has 0 atom stereocenters. The van der Waals surface area contributed by atoms with Gasteiger partial charge in [0, 0.05) is 11.4 Å². The lowest BCUT2D eigenvalue weighted by molar-refractivity contribution is 0.241. The minimum atomic E-state index is 0.118. The van der Waals surface area contributed by atoms with Crippen LogP contribution in [-0.4, -0.2) is 10.7 Å². The van der Waals surface area contributed by atoms with E-state index in [2.05, 4.69) is 10.6 Å². The van der Waals surface area contributed by atoms with Gasteiger partial charge in [-0.05, 0) is 45.9 Å². The number of para-hydroxylation sites is 2. The zero-order valence-electron chi connectivity index (χ0n) is 11.8. The van der Waals surface area contributed by atoms with Crippen molar-refractivity contribution < 1.29 is 4.74 Å². The first-order chi connectivity index (χ1) is 9.04. The zero-order valence-corrected chi connectivity index (χ0v) is 11.8. The summed E-state index contributed by atoms with van der Waals surface area (Å²) < 4.78 is 7.91. The molecule has 98 valence electrons. The quantitative estimate of drug-likeness (QED) is 0.836. The number of benzene rings is 1. The monoisotopic (exact) mass is 254 g/mol. The summed E-state index contributed by atoms with van der Waals surface area (Å²) in [7, 11) is 0. The number of hydrogen-bond donors (Lipinski definition) is 0. The molecule has 2 rings (SSSR count). The molecule has 0 aliphatic carbocycles. The van der Waals surface area contributed by atoms with Gasteiger partial charge in [0.25, 0.3) is 0 Å². The Morgan fingerprint density at radius 1 is 1.21 bits per heavy atom. The van der Waals surface area contributed by atoms with E-state index in [-0.39, 0.29) is 6.10 Å². The van der Waals surface area contributed by atoms with E-state index < -0.39 is 0 Å². The minimum Gasteiger partial charge on any atom is -0.489 e. The Morgan fingerprint density at radius 2 is 1.89 bits per heavy atom. The van der Waals surface area contributed by atoms with Crippen LogP contribution in [0.2, 0.25) is 0 Å². The average Bonchev–Trinajstić information content (AvgIpc) is 2.65. The number of nitriles is 1. The van der Waals surface area contributed by atoms with Crippen LogP contribution in [0.5, 0.6) is 5.75 Å². The van der Waals surface area contributed by atoms with Gasteiger partial charge < -0.3 is 9.30 Å². The molecule has 0 spiro atoms. The van der Waals surface area contributed by atoms with Gasteiger partial charge in [0.1, 0.15) is 11.8 Å². The number of aromatic nitrogens is 1. The fraction of sp³-hybridized carbons (Fsp3) is 0.312. The van der Waals surface area contributed by atoms with E-state index >= 15 is 0 Å². The smallest absolute Gasteiger partial charge is 0.143 e. The summed E-state index contributed by atoms with van der Waals surface area (Å²) in [6.45, 7) is 7.97. The van der Waals surface area contributed by atoms with Crippen molar-refractivity contribution in [1.29, 1.82) is 5.26 Å². The van der Waals surface area contributed by atoms with Gasteiger partial charge in [-0.1, -0.05) is 12.1 Å². The van der Waals surface area contributed by atoms with Gasteiger partial charge in [-0.15, -0.1) is 0 Å². The third kappa shape index (κ3) is 2.48. The molecule has 1 heterocycles. The van der Waals surface area contributed by atoms with Crippen molar-refractivity contribution in [3.05, 3.63) is 47.3 Å². The number of aryl methyl sites for hydroxylation is 1. The Kier molecular flexibility index (Phi) is 3.62. The third-order valence-electron chi connectivity index (χ3n) is 3.02. The molecule has 0 aliphatic rings. The second-order valence-electron chi connectivity index (χ2n) is 4.87. The van der Waals surface area contributed by atoms with E-state index in [0.29, 0.717) is 5.56 Å². The molecule has 0 unspecified atom stereocenters. The summed E-state index contributed by atoms with van der Waals surface area (Å²) in [5.41, 5.74) is 3.67. The second kappa shape index (κ2) is 5.19. The van der Waals surface area contributed by atoms with E-state index in [1.165, 1.54) is 0 Å². The Morgan fingerprint density at radius 3 is 2.47 bits per heavy atom. The Hall–Kier alpha value is -2.21. The Bertz CT molecular complexity index is 633. The highest BCUT2D eigenvalue weighted by atomic mass is 16.5. The van der Waals surface area contributed by atoms with Crippen molar-refractivity contribution in [3.63, 3.8) is 0 Å². The van der Waals surface area contributed by atoms with E-state index in [0.717, 1.165) is 22.8 Å². The molecule has 1 aromatic heterocycles. The number of rotatable bonds is 3.